The van der Waals surface area contributed by atoms with E-state index in [-0.39, 0.29) is 24.2 Å². The molecule has 2 aliphatic rings. The predicted octanol–water partition coefficient (Wildman–Crippen LogP) is 1.15. The van der Waals surface area contributed by atoms with Crippen molar-refractivity contribution >= 4 is 5.97 Å². The molecular weight excluding hydrogens is 312 g/mol. The van der Waals surface area contributed by atoms with E-state index in [9.17, 15) is 20.1 Å². The Kier molecular flexibility index (Phi) is 5.14. The Hall–Kier alpha value is -1.37. The number of hydrogen-bond acceptors (Lipinski definition) is 6. The van der Waals surface area contributed by atoms with E-state index >= 15 is 0 Å². The van der Waals surface area contributed by atoms with Gasteiger partial charge in [-0.3, -0.25) is 0 Å². The summed E-state index contributed by atoms with van der Waals surface area (Å²) in [4.78, 5) is 12.3. The van der Waals surface area contributed by atoms with E-state index in [0.717, 1.165) is 0 Å². The van der Waals surface area contributed by atoms with Crippen molar-refractivity contribution in [2.24, 2.45) is 17.8 Å². The summed E-state index contributed by atoms with van der Waals surface area (Å²) in [6, 6.07) is 0. The highest BCUT2D eigenvalue weighted by molar-refractivity contribution is 5.88. The third-order valence-corrected chi connectivity index (χ3v) is 5.12. The zero-order chi connectivity index (χ0) is 18.4. The molecule has 0 bridgehead atoms. The zero-order valence-electron chi connectivity index (χ0n) is 14.9. The highest BCUT2D eigenvalue weighted by Gasteiger charge is 2.61. The number of aliphatic hydroxyl groups excluding tert-OH is 2. The van der Waals surface area contributed by atoms with Crippen LogP contribution in [0.15, 0.2) is 23.5 Å². The maximum Gasteiger partial charge on any atom is 0.373 e. The van der Waals surface area contributed by atoms with Crippen LogP contribution < -0.4 is 0 Å². The van der Waals surface area contributed by atoms with Crippen LogP contribution in [-0.4, -0.2) is 51.8 Å². The van der Waals surface area contributed by atoms with Crippen LogP contribution in [0.2, 0.25) is 0 Å². The first-order valence-electron chi connectivity index (χ1n) is 8.37. The first-order valence-corrected chi connectivity index (χ1v) is 8.37. The van der Waals surface area contributed by atoms with E-state index < -0.39 is 35.8 Å². The van der Waals surface area contributed by atoms with Gasteiger partial charge in [0, 0.05) is 17.4 Å². The molecule has 0 spiro atoms. The van der Waals surface area contributed by atoms with Crippen molar-refractivity contribution in [2.45, 2.75) is 58.5 Å². The van der Waals surface area contributed by atoms with Crippen molar-refractivity contribution in [3.8, 4) is 0 Å². The smallest absolute Gasteiger partial charge is 0.373 e. The highest BCUT2D eigenvalue weighted by atomic mass is 16.6. The van der Waals surface area contributed by atoms with Crippen LogP contribution in [0.1, 0.15) is 34.6 Å². The Morgan fingerprint density at radius 3 is 2.46 bits per heavy atom. The number of esters is 1. The van der Waals surface area contributed by atoms with E-state index in [1.54, 1.807) is 13.8 Å². The molecule has 136 valence electrons. The van der Waals surface area contributed by atoms with Gasteiger partial charge >= 0.3 is 5.97 Å². The second kappa shape index (κ2) is 6.50. The fourth-order valence-corrected chi connectivity index (χ4v) is 4.01. The molecule has 0 saturated heterocycles. The van der Waals surface area contributed by atoms with Crippen molar-refractivity contribution in [3.63, 3.8) is 0 Å². The van der Waals surface area contributed by atoms with Crippen molar-refractivity contribution < 1.29 is 29.6 Å². The van der Waals surface area contributed by atoms with Crippen LogP contribution >= 0.6 is 0 Å². The number of ether oxygens (including phenoxy) is 2. The van der Waals surface area contributed by atoms with E-state index in [2.05, 4.69) is 6.58 Å². The Morgan fingerprint density at radius 2 is 2.00 bits per heavy atom. The van der Waals surface area contributed by atoms with Crippen LogP contribution in [0.5, 0.6) is 0 Å². The molecule has 1 heterocycles. The highest BCUT2D eigenvalue weighted by Crippen LogP contribution is 2.52. The summed E-state index contributed by atoms with van der Waals surface area (Å²) in [5, 5.41) is 31.9. The summed E-state index contributed by atoms with van der Waals surface area (Å²) in [5.74, 6) is -1.58. The van der Waals surface area contributed by atoms with Gasteiger partial charge in [-0.25, -0.2) is 4.79 Å². The Morgan fingerprint density at radius 1 is 1.42 bits per heavy atom. The lowest BCUT2D eigenvalue weighted by Crippen LogP contribution is -2.60. The average molecular weight is 340 g/mol. The number of fused-ring (bicyclic) bond motifs is 1. The molecule has 6 atom stereocenters. The molecule has 0 aromatic carbocycles. The zero-order valence-corrected chi connectivity index (χ0v) is 14.9. The number of carbonyl (C=O) groups excluding carboxylic acids is 1. The third kappa shape index (κ3) is 2.76. The number of carbonyl (C=O) groups is 1. The quantitative estimate of drug-likeness (QED) is 0.525. The molecule has 0 aromatic rings. The van der Waals surface area contributed by atoms with Crippen LogP contribution in [0.25, 0.3) is 0 Å². The maximum absolute atomic E-state index is 12.3. The lowest BCUT2D eigenvalue weighted by Gasteiger charge is -2.48. The van der Waals surface area contributed by atoms with Crippen molar-refractivity contribution in [1.82, 2.24) is 0 Å². The van der Waals surface area contributed by atoms with Gasteiger partial charge in [-0.1, -0.05) is 20.4 Å². The molecule has 0 aromatic heterocycles. The molecule has 0 radical (unpaired) electrons. The average Bonchev–Trinajstić information content (AvgIpc) is 2.86. The first kappa shape index (κ1) is 19.0. The summed E-state index contributed by atoms with van der Waals surface area (Å²) in [7, 11) is 0. The maximum atomic E-state index is 12.3. The summed E-state index contributed by atoms with van der Waals surface area (Å²) < 4.78 is 10.9. The van der Waals surface area contributed by atoms with Crippen LogP contribution in [-0.2, 0) is 14.3 Å². The Bertz CT molecular complexity index is 562. The van der Waals surface area contributed by atoms with E-state index in [0.29, 0.717) is 11.1 Å². The SMILES string of the molecule is C=C(C)[C@@H]1OC(C(=O)OCC)=C2[C@H]1[C@@H](C(C)C)[C@H](O)[C@H](O)[C@@]2(C)O. The molecule has 3 N–H and O–H groups in total. The van der Waals surface area contributed by atoms with Gasteiger partial charge in [0.1, 0.15) is 17.8 Å². The second-order valence-corrected chi connectivity index (χ2v) is 7.28. The van der Waals surface area contributed by atoms with Crippen LogP contribution in [0, 0.1) is 17.8 Å². The van der Waals surface area contributed by atoms with Gasteiger partial charge in [-0.15, -0.1) is 0 Å². The van der Waals surface area contributed by atoms with Crippen molar-refractivity contribution in [2.75, 3.05) is 6.61 Å². The minimum atomic E-state index is -1.79. The summed E-state index contributed by atoms with van der Waals surface area (Å²) in [6.45, 7) is 12.8. The second-order valence-electron chi connectivity index (χ2n) is 7.28. The number of aliphatic hydroxyl groups is 3. The minimum Gasteiger partial charge on any atom is -0.478 e. The molecule has 24 heavy (non-hydrogen) atoms. The van der Waals surface area contributed by atoms with Crippen LogP contribution in [0.4, 0.5) is 0 Å². The third-order valence-electron chi connectivity index (χ3n) is 5.12. The molecule has 1 aliphatic heterocycles. The Balaban J connectivity index is 2.65. The van der Waals surface area contributed by atoms with E-state index in [4.69, 9.17) is 9.47 Å². The predicted molar refractivity (Wildman–Crippen MR) is 87.8 cm³/mol. The topological polar surface area (TPSA) is 96.2 Å². The minimum absolute atomic E-state index is 0.00209. The lowest BCUT2D eigenvalue weighted by molar-refractivity contribution is -0.156. The normalized spacial score (nSPS) is 38.8. The first-order chi connectivity index (χ1) is 11.1. The van der Waals surface area contributed by atoms with Gasteiger partial charge in [-0.05, 0) is 32.3 Å². The monoisotopic (exact) mass is 340 g/mol. The molecule has 2 rings (SSSR count). The Labute approximate surface area is 142 Å². The molecule has 6 nitrogen and oxygen atoms in total. The fourth-order valence-electron chi connectivity index (χ4n) is 4.01. The van der Waals surface area contributed by atoms with Gasteiger partial charge in [0.05, 0.1) is 12.7 Å². The number of hydrogen-bond donors (Lipinski definition) is 3. The van der Waals surface area contributed by atoms with E-state index in [1.807, 2.05) is 13.8 Å². The molecule has 0 amide bonds. The summed E-state index contributed by atoms with van der Waals surface area (Å²) in [5.41, 5.74) is -0.811. The molecule has 1 aliphatic carbocycles. The standard InChI is InChI=1S/C18H28O6/c1-7-23-17(21)15-12-11(14(24-15)9(4)5)10(8(2)3)13(19)16(20)18(12,6)22/h8,10-11,13-14,16,19-20,22H,4,7H2,1-3,5-6H3/t10-,11-,13+,14+,16+,18+/m1/s1. The van der Waals surface area contributed by atoms with Gasteiger partial charge in [0.2, 0.25) is 5.76 Å². The largest absolute Gasteiger partial charge is 0.478 e. The molecule has 1 fully saturated rings. The van der Waals surface area contributed by atoms with Gasteiger partial charge in [-0.2, -0.15) is 0 Å². The van der Waals surface area contributed by atoms with E-state index in [1.165, 1.54) is 6.92 Å². The molecular formula is C18H28O6. The molecule has 1 saturated carbocycles. The molecule has 6 heteroatoms. The van der Waals surface area contributed by atoms with Crippen molar-refractivity contribution in [3.05, 3.63) is 23.5 Å². The lowest BCUT2D eigenvalue weighted by atomic mass is 9.60. The molecule has 0 unspecified atom stereocenters. The summed E-state index contributed by atoms with van der Waals surface area (Å²) >= 11 is 0. The van der Waals surface area contributed by atoms with Gasteiger partial charge in [0.15, 0.2) is 0 Å². The van der Waals surface area contributed by atoms with Gasteiger partial charge < -0.3 is 24.8 Å². The summed E-state index contributed by atoms with van der Waals surface area (Å²) in [6.07, 6.45) is -3.12. The van der Waals surface area contributed by atoms with Crippen molar-refractivity contribution in [1.29, 1.82) is 0 Å². The number of rotatable bonds is 4. The van der Waals surface area contributed by atoms with Crippen LogP contribution in [0.3, 0.4) is 0 Å². The van der Waals surface area contributed by atoms with Gasteiger partial charge in [0.25, 0.3) is 0 Å². The fraction of sp³-hybridized carbons (Fsp3) is 0.722.